The molecule has 0 radical (unpaired) electrons. The first kappa shape index (κ1) is 8.80. The molecule has 0 aliphatic heterocycles. The molecule has 0 spiro atoms. The normalized spacial score (nSPS) is 11.0. The first-order chi connectivity index (χ1) is 7.34. The lowest BCUT2D eigenvalue weighted by Crippen LogP contribution is -1.76. The van der Waals surface area contributed by atoms with E-state index in [1.165, 1.54) is 5.39 Å². The van der Waals surface area contributed by atoms with Gasteiger partial charge in [0.1, 0.15) is 5.76 Å². The summed E-state index contributed by atoms with van der Waals surface area (Å²) < 4.78 is 6.42. The van der Waals surface area contributed by atoms with E-state index in [4.69, 9.17) is 4.42 Å². The Morgan fingerprint density at radius 1 is 1.20 bits per heavy atom. The molecular formula is C12H8BrNO. The van der Waals surface area contributed by atoms with Crippen LogP contribution in [0.3, 0.4) is 0 Å². The lowest BCUT2D eigenvalue weighted by atomic mass is 10.1. The van der Waals surface area contributed by atoms with Crippen LogP contribution in [0, 0.1) is 0 Å². The maximum atomic E-state index is 5.37. The van der Waals surface area contributed by atoms with Crippen molar-refractivity contribution in [2.75, 3.05) is 0 Å². The van der Waals surface area contributed by atoms with Crippen molar-refractivity contribution >= 4 is 26.8 Å². The van der Waals surface area contributed by atoms with Crippen LogP contribution in [-0.4, -0.2) is 4.98 Å². The number of aromatic nitrogens is 1. The first-order valence-electron chi connectivity index (χ1n) is 4.65. The molecule has 0 amide bonds. The van der Waals surface area contributed by atoms with E-state index < -0.39 is 0 Å². The SMILES string of the molecule is Brc1cc(-c2ccco2)cc2cc[nH]c12. The van der Waals surface area contributed by atoms with Gasteiger partial charge in [0, 0.05) is 21.6 Å². The molecule has 0 aliphatic rings. The number of aromatic amines is 1. The summed E-state index contributed by atoms with van der Waals surface area (Å²) in [5, 5.41) is 1.18. The van der Waals surface area contributed by atoms with E-state index in [0.717, 1.165) is 21.3 Å². The van der Waals surface area contributed by atoms with E-state index in [2.05, 4.69) is 33.0 Å². The van der Waals surface area contributed by atoms with Crippen LogP contribution in [0.2, 0.25) is 0 Å². The van der Waals surface area contributed by atoms with Crippen molar-refractivity contribution in [1.29, 1.82) is 0 Å². The molecule has 0 saturated heterocycles. The monoisotopic (exact) mass is 261 g/mol. The minimum absolute atomic E-state index is 0.888. The number of halogens is 1. The third kappa shape index (κ3) is 1.39. The maximum absolute atomic E-state index is 5.37. The summed E-state index contributed by atoms with van der Waals surface area (Å²) >= 11 is 3.54. The maximum Gasteiger partial charge on any atom is 0.133 e. The number of benzene rings is 1. The molecule has 3 rings (SSSR count). The third-order valence-electron chi connectivity index (χ3n) is 2.42. The number of hydrogen-bond acceptors (Lipinski definition) is 1. The van der Waals surface area contributed by atoms with Crippen LogP contribution in [0.5, 0.6) is 0 Å². The van der Waals surface area contributed by atoms with Crippen LogP contribution in [0.4, 0.5) is 0 Å². The second kappa shape index (κ2) is 3.28. The van der Waals surface area contributed by atoms with E-state index in [0.29, 0.717) is 0 Å². The third-order valence-corrected chi connectivity index (χ3v) is 3.04. The summed E-state index contributed by atoms with van der Waals surface area (Å²) in [4.78, 5) is 3.18. The molecular weight excluding hydrogens is 254 g/mol. The molecule has 0 aliphatic carbocycles. The molecule has 0 saturated carbocycles. The lowest BCUT2D eigenvalue weighted by molar-refractivity contribution is 0.582. The Morgan fingerprint density at radius 3 is 2.93 bits per heavy atom. The van der Waals surface area contributed by atoms with Gasteiger partial charge in [0.25, 0.3) is 0 Å². The molecule has 0 unspecified atom stereocenters. The second-order valence-electron chi connectivity index (χ2n) is 3.38. The largest absolute Gasteiger partial charge is 0.464 e. The smallest absolute Gasteiger partial charge is 0.133 e. The Bertz CT molecular complexity index is 595. The number of furan rings is 1. The molecule has 1 N–H and O–H groups in total. The van der Waals surface area contributed by atoms with Crippen LogP contribution in [0.25, 0.3) is 22.2 Å². The summed E-state index contributed by atoms with van der Waals surface area (Å²) in [6.07, 6.45) is 3.62. The summed E-state index contributed by atoms with van der Waals surface area (Å²) in [7, 11) is 0. The van der Waals surface area contributed by atoms with Crippen molar-refractivity contribution < 1.29 is 4.42 Å². The van der Waals surface area contributed by atoms with Crippen molar-refractivity contribution in [2.45, 2.75) is 0 Å². The zero-order chi connectivity index (χ0) is 10.3. The minimum Gasteiger partial charge on any atom is -0.464 e. The zero-order valence-corrected chi connectivity index (χ0v) is 9.41. The van der Waals surface area contributed by atoms with Crippen LogP contribution >= 0.6 is 15.9 Å². The van der Waals surface area contributed by atoms with Gasteiger partial charge in [-0.2, -0.15) is 0 Å². The van der Waals surface area contributed by atoms with Gasteiger partial charge in [-0.15, -0.1) is 0 Å². The number of fused-ring (bicyclic) bond motifs is 1. The van der Waals surface area contributed by atoms with Gasteiger partial charge >= 0.3 is 0 Å². The van der Waals surface area contributed by atoms with Gasteiger partial charge < -0.3 is 9.40 Å². The molecule has 0 atom stereocenters. The van der Waals surface area contributed by atoms with E-state index in [-0.39, 0.29) is 0 Å². The number of hydrogen-bond donors (Lipinski definition) is 1. The van der Waals surface area contributed by atoms with E-state index in [9.17, 15) is 0 Å². The first-order valence-corrected chi connectivity index (χ1v) is 5.44. The molecule has 0 bridgehead atoms. The zero-order valence-electron chi connectivity index (χ0n) is 7.83. The fourth-order valence-electron chi connectivity index (χ4n) is 1.71. The highest BCUT2D eigenvalue weighted by atomic mass is 79.9. The van der Waals surface area contributed by atoms with Crippen molar-refractivity contribution in [3.63, 3.8) is 0 Å². The molecule has 1 aromatic carbocycles. The highest BCUT2D eigenvalue weighted by Gasteiger charge is 2.06. The van der Waals surface area contributed by atoms with Gasteiger partial charge in [-0.05, 0) is 46.3 Å². The highest BCUT2D eigenvalue weighted by molar-refractivity contribution is 9.10. The fourth-order valence-corrected chi connectivity index (χ4v) is 2.30. The summed E-state index contributed by atoms with van der Waals surface area (Å²) in [5.41, 5.74) is 2.20. The predicted octanol–water partition coefficient (Wildman–Crippen LogP) is 4.19. The summed E-state index contributed by atoms with van der Waals surface area (Å²) in [6, 6.07) is 10.1. The molecule has 2 nitrogen and oxygen atoms in total. The van der Waals surface area contributed by atoms with Gasteiger partial charge in [-0.3, -0.25) is 0 Å². The summed E-state index contributed by atoms with van der Waals surface area (Å²) in [6.45, 7) is 0. The highest BCUT2D eigenvalue weighted by Crippen LogP contribution is 2.30. The molecule has 3 aromatic rings. The van der Waals surface area contributed by atoms with Crippen molar-refractivity contribution in [3.8, 4) is 11.3 Å². The fraction of sp³-hybridized carbons (Fsp3) is 0. The second-order valence-corrected chi connectivity index (χ2v) is 4.23. The number of H-pyrrole nitrogens is 1. The van der Waals surface area contributed by atoms with Crippen LogP contribution in [0.1, 0.15) is 0 Å². The Kier molecular flexibility index (Phi) is 1.92. The predicted molar refractivity (Wildman–Crippen MR) is 63.7 cm³/mol. The topological polar surface area (TPSA) is 28.9 Å². The van der Waals surface area contributed by atoms with Gasteiger partial charge in [0.2, 0.25) is 0 Å². The van der Waals surface area contributed by atoms with Gasteiger partial charge in [0.15, 0.2) is 0 Å². The molecule has 3 heteroatoms. The molecule has 74 valence electrons. The van der Waals surface area contributed by atoms with E-state index in [1.54, 1.807) is 6.26 Å². The average Bonchev–Trinajstić information content (AvgIpc) is 2.88. The Hall–Kier alpha value is -1.48. The van der Waals surface area contributed by atoms with Gasteiger partial charge in [-0.25, -0.2) is 0 Å². The lowest BCUT2D eigenvalue weighted by Gasteiger charge is -2.00. The molecule has 15 heavy (non-hydrogen) atoms. The minimum atomic E-state index is 0.888. The summed E-state index contributed by atoms with van der Waals surface area (Å²) in [5.74, 6) is 0.888. The average molecular weight is 262 g/mol. The van der Waals surface area contributed by atoms with Crippen LogP contribution in [-0.2, 0) is 0 Å². The van der Waals surface area contributed by atoms with E-state index >= 15 is 0 Å². The van der Waals surface area contributed by atoms with Crippen LogP contribution < -0.4 is 0 Å². The Labute approximate surface area is 95.0 Å². The van der Waals surface area contributed by atoms with Crippen molar-refractivity contribution in [3.05, 3.63) is 47.3 Å². The molecule has 0 fully saturated rings. The van der Waals surface area contributed by atoms with Crippen molar-refractivity contribution in [2.24, 2.45) is 0 Å². The van der Waals surface area contributed by atoms with Crippen molar-refractivity contribution in [1.82, 2.24) is 4.98 Å². The Morgan fingerprint density at radius 2 is 2.13 bits per heavy atom. The van der Waals surface area contributed by atoms with Crippen LogP contribution in [0.15, 0.2) is 51.7 Å². The quantitative estimate of drug-likeness (QED) is 0.699. The molecule has 2 aromatic heterocycles. The van der Waals surface area contributed by atoms with Gasteiger partial charge in [-0.1, -0.05) is 0 Å². The molecule has 2 heterocycles. The van der Waals surface area contributed by atoms with Gasteiger partial charge in [0.05, 0.1) is 11.8 Å². The Balaban J connectivity index is 2.29. The van der Waals surface area contributed by atoms with E-state index in [1.807, 2.05) is 24.4 Å². The number of rotatable bonds is 1. The standard InChI is InChI=1S/C12H8BrNO/c13-10-7-9(11-2-1-5-15-11)6-8-3-4-14-12(8)10/h1-7,14H. The number of nitrogens with one attached hydrogen (secondary N) is 1.